The first kappa shape index (κ1) is 20.3. The quantitative estimate of drug-likeness (QED) is 0.338. The Hall–Kier alpha value is -2.95. The number of anilines is 2. The molecule has 152 valence electrons. The maximum atomic E-state index is 12.2. The molecule has 0 unspecified atom stereocenters. The zero-order valence-corrected chi connectivity index (χ0v) is 18.0. The highest BCUT2D eigenvalue weighted by Gasteiger charge is 2.11. The number of hydrogen-bond donors (Lipinski definition) is 2. The number of pyridine rings is 1. The fraction of sp³-hybridized carbons (Fsp3) is 0.105. The molecule has 0 fully saturated rings. The second-order valence-electron chi connectivity index (χ2n) is 6.21. The molecule has 0 bridgehead atoms. The Morgan fingerprint density at radius 1 is 1.20 bits per heavy atom. The topological polar surface area (TPSA) is 101 Å². The molecule has 0 atom stereocenters. The van der Waals surface area contributed by atoms with E-state index in [1.54, 1.807) is 30.5 Å². The second kappa shape index (κ2) is 8.82. The molecule has 11 heteroatoms. The number of nitrogens with zero attached hydrogens (tertiary/aromatic N) is 4. The van der Waals surface area contributed by atoms with Crippen molar-refractivity contribution in [2.75, 3.05) is 10.6 Å². The van der Waals surface area contributed by atoms with Gasteiger partial charge >= 0.3 is 6.03 Å². The van der Waals surface area contributed by atoms with Gasteiger partial charge in [-0.1, -0.05) is 46.8 Å². The number of hydrogen-bond acceptors (Lipinski definition) is 7. The van der Waals surface area contributed by atoms with Crippen LogP contribution in [0, 0.1) is 6.92 Å². The predicted molar refractivity (Wildman–Crippen MR) is 120 cm³/mol. The fourth-order valence-corrected chi connectivity index (χ4v) is 4.42. The van der Waals surface area contributed by atoms with E-state index in [9.17, 15) is 9.59 Å². The van der Waals surface area contributed by atoms with Gasteiger partial charge in [0.1, 0.15) is 5.65 Å². The van der Waals surface area contributed by atoms with Crippen LogP contribution in [0.3, 0.4) is 0 Å². The van der Waals surface area contributed by atoms with Gasteiger partial charge in [0, 0.05) is 28.7 Å². The van der Waals surface area contributed by atoms with E-state index in [0.717, 1.165) is 5.56 Å². The van der Waals surface area contributed by atoms with Crippen LogP contribution < -0.4 is 16.2 Å². The molecular formula is C19H15ClN6O2S2. The largest absolute Gasteiger partial charge is 0.325 e. The highest BCUT2D eigenvalue weighted by molar-refractivity contribution is 8.00. The first-order valence-corrected chi connectivity index (χ1v) is 10.9. The number of halogens is 1. The van der Waals surface area contributed by atoms with Gasteiger partial charge in [-0.3, -0.25) is 14.5 Å². The summed E-state index contributed by atoms with van der Waals surface area (Å²) in [5.74, 6) is 0.461. The number of carbonyl (C=O) groups is 1. The van der Waals surface area contributed by atoms with E-state index in [-0.39, 0.29) is 5.56 Å². The Morgan fingerprint density at radius 2 is 2.07 bits per heavy atom. The Morgan fingerprint density at radius 3 is 2.93 bits per heavy atom. The van der Waals surface area contributed by atoms with Gasteiger partial charge in [-0.05, 0) is 36.8 Å². The normalized spacial score (nSPS) is 10.9. The van der Waals surface area contributed by atoms with Crippen molar-refractivity contribution in [2.24, 2.45) is 0 Å². The lowest BCUT2D eigenvalue weighted by molar-refractivity contribution is 0.262. The Balaban J connectivity index is 1.38. The smallest absolute Gasteiger partial charge is 0.307 e. The first-order chi connectivity index (χ1) is 14.5. The minimum atomic E-state index is -0.433. The van der Waals surface area contributed by atoms with E-state index in [2.05, 4.69) is 25.8 Å². The zero-order chi connectivity index (χ0) is 21.1. The molecule has 0 spiro atoms. The summed E-state index contributed by atoms with van der Waals surface area (Å²) in [6.07, 6.45) is 1.68. The van der Waals surface area contributed by atoms with E-state index >= 15 is 0 Å². The summed E-state index contributed by atoms with van der Waals surface area (Å²) in [6.45, 7) is 1.87. The molecular weight excluding hydrogens is 444 g/mol. The number of thioether (sulfide) groups is 1. The molecule has 4 aromatic rings. The Labute approximate surface area is 184 Å². The van der Waals surface area contributed by atoms with Gasteiger partial charge in [0.05, 0.1) is 5.69 Å². The van der Waals surface area contributed by atoms with Crippen LogP contribution in [-0.2, 0) is 5.75 Å². The number of aryl methyl sites for hydroxylation is 1. The lowest BCUT2D eigenvalue weighted by atomic mass is 10.2. The molecule has 0 radical (unpaired) electrons. The predicted octanol–water partition coefficient (Wildman–Crippen LogP) is 4.44. The van der Waals surface area contributed by atoms with Crippen molar-refractivity contribution >= 4 is 57.2 Å². The van der Waals surface area contributed by atoms with Crippen LogP contribution in [-0.4, -0.2) is 25.6 Å². The number of aromatic nitrogens is 4. The van der Waals surface area contributed by atoms with Gasteiger partial charge in [-0.15, -0.1) is 10.2 Å². The van der Waals surface area contributed by atoms with Crippen molar-refractivity contribution < 1.29 is 4.79 Å². The number of carbonyl (C=O) groups excluding carboxylic acids is 1. The van der Waals surface area contributed by atoms with Gasteiger partial charge in [-0.2, -0.15) is 0 Å². The highest BCUT2D eigenvalue weighted by atomic mass is 35.5. The molecule has 1 aromatic carbocycles. The lowest BCUT2D eigenvalue weighted by Gasteiger charge is -2.08. The van der Waals surface area contributed by atoms with Gasteiger partial charge in [0.2, 0.25) is 5.13 Å². The van der Waals surface area contributed by atoms with Crippen LogP contribution in [0.25, 0.3) is 5.65 Å². The summed E-state index contributed by atoms with van der Waals surface area (Å²) in [5.41, 5.74) is 2.61. The van der Waals surface area contributed by atoms with E-state index in [1.165, 1.54) is 33.6 Å². The molecule has 0 aliphatic rings. The van der Waals surface area contributed by atoms with Crippen molar-refractivity contribution in [2.45, 2.75) is 17.0 Å². The number of amides is 2. The van der Waals surface area contributed by atoms with Crippen LogP contribution in [0.1, 0.15) is 11.3 Å². The molecule has 0 aliphatic carbocycles. The maximum Gasteiger partial charge on any atom is 0.325 e. The van der Waals surface area contributed by atoms with Gasteiger partial charge in [-0.25, -0.2) is 9.78 Å². The average Bonchev–Trinajstić information content (AvgIpc) is 3.16. The van der Waals surface area contributed by atoms with Gasteiger partial charge in [0.25, 0.3) is 5.56 Å². The molecule has 2 amide bonds. The third-order valence-corrected chi connectivity index (χ3v) is 6.28. The maximum absolute atomic E-state index is 12.2. The van der Waals surface area contributed by atoms with E-state index < -0.39 is 6.03 Å². The number of fused-ring (bicyclic) bond motifs is 1. The van der Waals surface area contributed by atoms with Crippen molar-refractivity contribution in [1.29, 1.82) is 0 Å². The summed E-state index contributed by atoms with van der Waals surface area (Å²) in [5, 5.41) is 14.3. The van der Waals surface area contributed by atoms with E-state index in [1.807, 2.05) is 19.1 Å². The third-order valence-electron chi connectivity index (χ3n) is 4.04. The summed E-state index contributed by atoms with van der Waals surface area (Å²) in [6, 6.07) is 11.7. The molecule has 3 aromatic heterocycles. The number of urea groups is 1. The van der Waals surface area contributed by atoms with Crippen molar-refractivity contribution in [1.82, 2.24) is 19.6 Å². The summed E-state index contributed by atoms with van der Waals surface area (Å²) >= 11 is 8.60. The SMILES string of the molecule is Cc1ccc(Cl)cc1NC(=O)Nc1nnc(SCc2cc(=O)n3ccccc3n2)s1. The summed E-state index contributed by atoms with van der Waals surface area (Å²) < 4.78 is 2.14. The van der Waals surface area contributed by atoms with Crippen LogP contribution >= 0.6 is 34.7 Å². The standard InChI is InChI=1S/C19H15ClN6O2S2/c1-11-5-6-12(20)8-14(11)22-17(28)23-18-24-25-19(30-18)29-10-13-9-16(27)26-7-3-2-4-15(26)21-13/h2-9H,10H2,1H3,(H2,22,23,24,28). The minimum Gasteiger partial charge on any atom is -0.307 e. The summed E-state index contributed by atoms with van der Waals surface area (Å²) in [7, 11) is 0. The molecule has 0 saturated heterocycles. The third kappa shape index (κ3) is 4.78. The van der Waals surface area contributed by atoms with Crippen LogP contribution in [0.5, 0.6) is 0 Å². The number of rotatable bonds is 5. The monoisotopic (exact) mass is 458 g/mol. The van der Waals surface area contributed by atoms with Gasteiger partial charge in [0.15, 0.2) is 4.34 Å². The summed E-state index contributed by atoms with van der Waals surface area (Å²) in [4.78, 5) is 28.8. The van der Waals surface area contributed by atoms with Crippen LogP contribution in [0.15, 0.2) is 57.8 Å². The molecule has 4 rings (SSSR count). The fourth-order valence-electron chi connectivity index (χ4n) is 2.61. The second-order valence-corrected chi connectivity index (χ2v) is 8.85. The Kier molecular flexibility index (Phi) is 5.98. The van der Waals surface area contributed by atoms with Crippen molar-refractivity contribution in [3.05, 3.63) is 75.3 Å². The minimum absolute atomic E-state index is 0.135. The van der Waals surface area contributed by atoms with Crippen LogP contribution in [0.2, 0.25) is 5.02 Å². The molecule has 3 heterocycles. The number of benzene rings is 1. The van der Waals surface area contributed by atoms with Crippen molar-refractivity contribution in [3.63, 3.8) is 0 Å². The Bertz CT molecular complexity index is 1290. The molecule has 0 aliphatic heterocycles. The first-order valence-electron chi connectivity index (χ1n) is 8.76. The van der Waals surface area contributed by atoms with E-state index in [0.29, 0.717) is 37.3 Å². The molecule has 8 nitrogen and oxygen atoms in total. The molecule has 30 heavy (non-hydrogen) atoms. The number of nitrogens with one attached hydrogen (secondary N) is 2. The molecule has 2 N–H and O–H groups in total. The average molecular weight is 459 g/mol. The molecule has 0 saturated carbocycles. The van der Waals surface area contributed by atoms with E-state index in [4.69, 9.17) is 11.6 Å². The van der Waals surface area contributed by atoms with Gasteiger partial charge < -0.3 is 5.32 Å². The van der Waals surface area contributed by atoms with Crippen LogP contribution in [0.4, 0.5) is 15.6 Å². The lowest BCUT2D eigenvalue weighted by Crippen LogP contribution is -2.19. The zero-order valence-electron chi connectivity index (χ0n) is 15.6. The van der Waals surface area contributed by atoms with Crippen molar-refractivity contribution in [3.8, 4) is 0 Å². The highest BCUT2D eigenvalue weighted by Crippen LogP contribution is 2.28.